The number of aliphatic imine (C=N–C) groups is 1. The smallest absolute Gasteiger partial charge is 0.362 e. The van der Waals surface area contributed by atoms with Crippen LogP contribution >= 0.6 is 34.8 Å². The number of benzene rings is 2. The molecule has 0 N–H and O–H groups in total. The van der Waals surface area contributed by atoms with Gasteiger partial charge in [-0.3, -0.25) is 9.79 Å². The van der Waals surface area contributed by atoms with Crippen molar-refractivity contribution in [2.24, 2.45) is 10.9 Å². The summed E-state index contributed by atoms with van der Waals surface area (Å²) in [5.41, 5.74) is 0.0194. The summed E-state index contributed by atoms with van der Waals surface area (Å²) in [5.74, 6) is -0.00853. The lowest BCUT2D eigenvalue weighted by molar-refractivity contribution is -0.183. The third-order valence-corrected chi connectivity index (χ3v) is 8.42. The maximum Gasteiger partial charge on any atom is 0.400 e. The molecule has 0 aliphatic carbocycles. The minimum atomic E-state index is -4.58. The first-order valence-corrected chi connectivity index (χ1v) is 12.3. The Morgan fingerprint density at radius 2 is 1.77 bits per heavy atom. The number of rotatable bonds is 3. The molecular formula is C25H22Cl3F3N2O2. The molecule has 1 saturated heterocycles. The largest absolute Gasteiger partial charge is 0.400 e. The van der Waals surface area contributed by atoms with E-state index >= 15 is 0 Å². The summed E-state index contributed by atoms with van der Waals surface area (Å²) in [7, 11) is 0. The number of alkyl halides is 3. The highest BCUT2D eigenvalue weighted by Gasteiger charge is 2.59. The van der Waals surface area contributed by atoms with Crippen LogP contribution in [0.25, 0.3) is 0 Å². The average Bonchev–Trinajstić information content (AvgIpc) is 3.38. The predicted octanol–water partition coefficient (Wildman–Crippen LogP) is 6.56. The van der Waals surface area contributed by atoms with Gasteiger partial charge < -0.3 is 9.64 Å². The van der Waals surface area contributed by atoms with E-state index in [2.05, 4.69) is 4.99 Å². The fourth-order valence-corrected chi connectivity index (χ4v) is 5.78. The monoisotopic (exact) mass is 544 g/mol. The zero-order valence-corrected chi connectivity index (χ0v) is 21.2. The van der Waals surface area contributed by atoms with Crippen LogP contribution in [0.1, 0.15) is 42.5 Å². The van der Waals surface area contributed by atoms with Crippen LogP contribution in [-0.2, 0) is 27.2 Å². The second kappa shape index (κ2) is 8.37. The molecule has 2 aromatic rings. The number of amides is 1. The molecule has 0 bridgehead atoms. The van der Waals surface area contributed by atoms with Gasteiger partial charge in [-0.2, -0.15) is 13.2 Å². The van der Waals surface area contributed by atoms with Crippen molar-refractivity contribution in [3.8, 4) is 0 Å². The van der Waals surface area contributed by atoms with Crippen LogP contribution in [0, 0.1) is 5.92 Å². The number of nitrogens with zero attached hydrogens (tertiary/aromatic N) is 2. The standard InChI is InChI=1S/C25H22Cl3F3N2O2/c1-13(2)22(34)33-11-24(12-33)17-4-3-14(5-15(17)9-35-24)20-8-23(10-32-20,25(29,30)31)16-6-18(26)21(28)19(27)7-16/h3-7,13H,8-12H2,1-2H3. The van der Waals surface area contributed by atoms with E-state index in [0.717, 1.165) is 11.1 Å². The highest BCUT2D eigenvalue weighted by Crippen LogP contribution is 2.50. The van der Waals surface area contributed by atoms with Gasteiger partial charge in [0.05, 0.1) is 41.3 Å². The van der Waals surface area contributed by atoms with Crippen LogP contribution < -0.4 is 0 Å². The number of carbonyl (C=O) groups is 1. The van der Waals surface area contributed by atoms with E-state index < -0.39 is 23.7 Å². The molecule has 1 atom stereocenters. The summed E-state index contributed by atoms with van der Waals surface area (Å²) < 4.78 is 49.4. The van der Waals surface area contributed by atoms with Crippen molar-refractivity contribution in [1.82, 2.24) is 4.90 Å². The highest BCUT2D eigenvalue weighted by atomic mass is 35.5. The normalized spacial score (nSPS) is 23.0. The first kappa shape index (κ1) is 24.9. The van der Waals surface area contributed by atoms with E-state index in [9.17, 15) is 18.0 Å². The topological polar surface area (TPSA) is 41.9 Å². The summed E-state index contributed by atoms with van der Waals surface area (Å²) in [6, 6.07) is 7.98. The van der Waals surface area contributed by atoms with E-state index in [-0.39, 0.29) is 38.9 Å². The Morgan fingerprint density at radius 3 is 2.37 bits per heavy atom. The fourth-order valence-electron chi connectivity index (χ4n) is 5.18. The number of carbonyl (C=O) groups excluding carboxylic acids is 1. The molecule has 3 aliphatic heterocycles. The number of hydrogen-bond acceptors (Lipinski definition) is 3. The summed E-state index contributed by atoms with van der Waals surface area (Å²) in [6.07, 6.45) is -4.92. The van der Waals surface area contributed by atoms with E-state index in [1.807, 2.05) is 26.0 Å². The Kier molecular flexibility index (Phi) is 5.95. The highest BCUT2D eigenvalue weighted by molar-refractivity contribution is 6.48. The Bertz CT molecular complexity index is 1230. The van der Waals surface area contributed by atoms with E-state index in [0.29, 0.717) is 31.0 Å². The molecule has 5 rings (SSSR count). The number of halogens is 6. The van der Waals surface area contributed by atoms with Crippen molar-refractivity contribution < 1.29 is 22.7 Å². The molecule has 1 amide bonds. The second-order valence-corrected chi connectivity index (χ2v) is 11.0. The van der Waals surface area contributed by atoms with Gasteiger partial charge in [0.1, 0.15) is 11.0 Å². The SMILES string of the molecule is CC(C)C(=O)N1CC2(C1)OCc1cc(C3=NCC(c4cc(Cl)c(Cl)c(Cl)c4)(C(F)(F)F)C3)ccc12. The lowest BCUT2D eigenvalue weighted by Crippen LogP contribution is -2.61. The Labute approximate surface area is 216 Å². The van der Waals surface area contributed by atoms with Crippen molar-refractivity contribution in [3.63, 3.8) is 0 Å². The molecule has 186 valence electrons. The molecular weight excluding hydrogens is 524 g/mol. The van der Waals surface area contributed by atoms with Gasteiger partial charge in [-0.05, 0) is 40.5 Å². The van der Waals surface area contributed by atoms with Crippen molar-refractivity contribution in [2.75, 3.05) is 19.6 Å². The van der Waals surface area contributed by atoms with Crippen LogP contribution in [0.2, 0.25) is 15.1 Å². The first-order valence-electron chi connectivity index (χ1n) is 11.2. The third kappa shape index (κ3) is 3.86. The Balaban J connectivity index is 1.42. The molecule has 0 saturated carbocycles. The van der Waals surface area contributed by atoms with Gasteiger partial charge in [-0.15, -0.1) is 0 Å². The van der Waals surface area contributed by atoms with Crippen molar-refractivity contribution >= 4 is 46.4 Å². The zero-order chi connectivity index (χ0) is 25.3. The van der Waals surface area contributed by atoms with Crippen LogP contribution in [0.15, 0.2) is 35.3 Å². The molecule has 4 nitrogen and oxygen atoms in total. The van der Waals surface area contributed by atoms with Crippen molar-refractivity contribution in [2.45, 2.75) is 44.1 Å². The number of likely N-dealkylation sites (tertiary alicyclic amines) is 1. The van der Waals surface area contributed by atoms with Crippen LogP contribution in [0.5, 0.6) is 0 Å². The molecule has 1 unspecified atom stereocenters. The van der Waals surface area contributed by atoms with Gasteiger partial charge in [0.15, 0.2) is 0 Å². The minimum Gasteiger partial charge on any atom is -0.362 e. The summed E-state index contributed by atoms with van der Waals surface area (Å²) in [5, 5.41) is -0.0424. The molecule has 2 aromatic carbocycles. The van der Waals surface area contributed by atoms with Gasteiger partial charge in [0, 0.05) is 18.1 Å². The summed E-state index contributed by atoms with van der Waals surface area (Å²) in [6.45, 7) is 4.55. The summed E-state index contributed by atoms with van der Waals surface area (Å²) >= 11 is 18.1. The molecule has 3 aliphatic rings. The molecule has 3 heterocycles. The molecule has 1 fully saturated rings. The van der Waals surface area contributed by atoms with Gasteiger partial charge in [-0.25, -0.2) is 0 Å². The van der Waals surface area contributed by atoms with Crippen LogP contribution in [0.4, 0.5) is 13.2 Å². The lowest BCUT2D eigenvalue weighted by Gasteiger charge is -2.48. The Hall–Kier alpha value is -1.80. The fraction of sp³-hybridized carbons (Fsp3) is 0.440. The number of ether oxygens (including phenoxy) is 1. The maximum absolute atomic E-state index is 14.4. The summed E-state index contributed by atoms with van der Waals surface area (Å²) in [4.78, 5) is 18.4. The molecule has 0 aromatic heterocycles. The van der Waals surface area contributed by atoms with Gasteiger partial charge in [0.25, 0.3) is 0 Å². The molecule has 0 radical (unpaired) electrons. The second-order valence-electron chi connectivity index (χ2n) is 9.78. The van der Waals surface area contributed by atoms with Gasteiger partial charge in [-0.1, -0.05) is 60.8 Å². The number of fused-ring (bicyclic) bond motifs is 2. The van der Waals surface area contributed by atoms with E-state index in [1.54, 1.807) is 11.0 Å². The Morgan fingerprint density at radius 1 is 1.11 bits per heavy atom. The van der Waals surface area contributed by atoms with E-state index in [4.69, 9.17) is 39.5 Å². The van der Waals surface area contributed by atoms with Gasteiger partial charge in [0.2, 0.25) is 5.91 Å². The number of hydrogen-bond donors (Lipinski definition) is 0. The molecule has 10 heteroatoms. The first-order chi connectivity index (χ1) is 16.4. The predicted molar refractivity (Wildman–Crippen MR) is 130 cm³/mol. The zero-order valence-electron chi connectivity index (χ0n) is 19.0. The van der Waals surface area contributed by atoms with Crippen LogP contribution in [0.3, 0.4) is 0 Å². The molecule has 35 heavy (non-hydrogen) atoms. The van der Waals surface area contributed by atoms with Crippen LogP contribution in [-0.4, -0.2) is 42.3 Å². The quantitative estimate of drug-likeness (QED) is 0.410. The van der Waals surface area contributed by atoms with E-state index in [1.165, 1.54) is 12.1 Å². The van der Waals surface area contributed by atoms with Crippen molar-refractivity contribution in [3.05, 3.63) is 67.7 Å². The average molecular weight is 546 g/mol. The third-order valence-electron chi connectivity index (χ3n) is 7.22. The maximum atomic E-state index is 14.4. The minimum absolute atomic E-state index is 0.0192. The lowest BCUT2D eigenvalue weighted by atomic mass is 9.76. The van der Waals surface area contributed by atoms with Crippen molar-refractivity contribution in [1.29, 1.82) is 0 Å². The van der Waals surface area contributed by atoms with Gasteiger partial charge >= 0.3 is 6.18 Å². The molecule has 1 spiro atoms.